The summed E-state index contributed by atoms with van der Waals surface area (Å²) >= 11 is 0. The molecule has 0 spiro atoms. The van der Waals surface area contributed by atoms with Gasteiger partial charge in [0.25, 0.3) is 5.91 Å². The van der Waals surface area contributed by atoms with E-state index in [0.29, 0.717) is 12.6 Å². The Kier molecular flexibility index (Phi) is 5.60. The number of nitrogens with one attached hydrogen (secondary N) is 1. The molecule has 19 heavy (non-hydrogen) atoms. The minimum atomic E-state index is -0.361. The van der Waals surface area contributed by atoms with Gasteiger partial charge in [-0.3, -0.25) is 4.79 Å². The highest BCUT2D eigenvalue weighted by molar-refractivity contribution is 5.80. The van der Waals surface area contributed by atoms with Crippen molar-refractivity contribution in [1.29, 1.82) is 0 Å². The lowest BCUT2D eigenvalue weighted by atomic mass is 10.1. The van der Waals surface area contributed by atoms with Crippen molar-refractivity contribution in [3.8, 4) is 0 Å². The average molecular weight is 270 g/mol. The van der Waals surface area contributed by atoms with Crippen LogP contribution in [0.5, 0.6) is 0 Å². The molecule has 2 rings (SSSR count). The molecule has 2 saturated heterocycles. The molecule has 110 valence electrons. The van der Waals surface area contributed by atoms with Gasteiger partial charge in [-0.05, 0) is 39.7 Å². The number of nitrogens with zero attached hydrogens (tertiary/aromatic N) is 1. The second-order valence-electron chi connectivity index (χ2n) is 5.52. The lowest BCUT2D eigenvalue weighted by Gasteiger charge is -2.34. The van der Waals surface area contributed by atoms with Crippen molar-refractivity contribution in [3.63, 3.8) is 0 Å². The van der Waals surface area contributed by atoms with E-state index in [1.807, 2.05) is 18.9 Å². The number of amides is 1. The highest BCUT2D eigenvalue weighted by Crippen LogP contribution is 2.15. The van der Waals surface area contributed by atoms with Gasteiger partial charge < -0.3 is 19.7 Å². The maximum absolute atomic E-state index is 12.3. The van der Waals surface area contributed by atoms with Crippen molar-refractivity contribution in [2.24, 2.45) is 0 Å². The first-order valence-electron chi connectivity index (χ1n) is 7.40. The van der Waals surface area contributed by atoms with Crippen molar-refractivity contribution in [2.75, 3.05) is 33.4 Å². The molecule has 0 radical (unpaired) electrons. The number of piperidine rings is 1. The number of carbonyl (C=O) groups excluding carboxylic acids is 1. The minimum absolute atomic E-state index is 0.109. The summed E-state index contributed by atoms with van der Waals surface area (Å²) in [6, 6.07) is 0.420. The Morgan fingerprint density at radius 2 is 2.32 bits per heavy atom. The number of hydrogen-bond acceptors (Lipinski definition) is 4. The van der Waals surface area contributed by atoms with E-state index < -0.39 is 0 Å². The van der Waals surface area contributed by atoms with Gasteiger partial charge in [-0.15, -0.1) is 0 Å². The Labute approximate surface area is 115 Å². The van der Waals surface area contributed by atoms with E-state index in [2.05, 4.69) is 5.32 Å². The lowest BCUT2D eigenvalue weighted by molar-refractivity contribution is -0.145. The first-order chi connectivity index (χ1) is 9.20. The Morgan fingerprint density at radius 3 is 3.00 bits per heavy atom. The molecule has 0 aliphatic carbocycles. The Bertz CT molecular complexity index is 292. The van der Waals surface area contributed by atoms with Crippen LogP contribution in [0.1, 0.15) is 32.6 Å². The van der Waals surface area contributed by atoms with Crippen LogP contribution in [-0.2, 0) is 14.3 Å². The third-order valence-electron chi connectivity index (χ3n) is 4.05. The Balaban J connectivity index is 1.74. The fourth-order valence-corrected chi connectivity index (χ4v) is 2.77. The largest absolute Gasteiger partial charge is 0.376 e. The predicted octanol–water partition coefficient (Wildman–Crippen LogP) is 0.781. The van der Waals surface area contributed by atoms with Crippen LogP contribution in [0.3, 0.4) is 0 Å². The summed E-state index contributed by atoms with van der Waals surface area (Å²) in [6.45, 7) is 4.86. The summed E-state index contributed by atoms with van der Waals surface area (Å²) in [5, 5.41) is 3.25. The molecular formula is C14H26N2O3. The van der Waals surface area contributed by atoms with Gasteiger partial charge >= 0.3 is 0 Å². The summed E-state index contributed by atoms with van der Waals surface area (Å²) in [4.78, 5) is 14.2. The molecule has 1 N–H and O–H groups in total. The molecule has 0 saturated carbocycles. The first-order valence-corrected chi connectivity index (χ1v) is 7.40. The molecule has 5 heteroatoms. The molecule has 5 nitrogen and oxygen atoms in total. The third-order valence-corrected chi connectivity index (χ3v) is 4.05. The van der Waals surface area contributed by atoms with Crippen LogP contribution in [0.25, 0.3) is 0 Å². The second kappa shape index (κ2) is 7.22. The lowest BCUT2D eigenvalue weighted by Crippen LogP contribution is -2.50. The summed E-state index contributed by atoms with van der Waals surface area (Å²) in [6.07, 6.45) is 4.18. The molecule has 3 unspecified atom stereocenters. The van der Waals surface area contributed by atoms with Gasteiger partial charge in [0.05, 0.1) is 12.7 Å². The number of likely N-dealkylation sites (N-methyl/N-ethyl adjacent to an activating group) is 1. The zero-order valence-corrected chi connectivity index (χ0v) is 12.1. The van der Waals surface area contributed by atoms with E-state index in [1.165, 1.54) is 0 Å². The SMILES string of the molecule is CNC1CCCN(C(=O)C(C)OCC2CCCO2)C1. The van der Waals surface area contributed by atoms with Gasteiger partial charge in [-0.25, -0.2) is 0 Å². The highest BCUT2D eigenvalue weighted by Gasteiger charge is 2.27. The maximum Gasteiger partial charge on any atom is 0.251 e. The fourth-order valence-electron chi connectivity index (χ4n) is 2.77. The van der Waals surface area contributed by atoms with Crippen molar-refractivity contribution in [3.05, 3.63) is 0 Å². The van der Waals surface area contributed by atoms with E-state index in [1.54, 1.807) is 0 Å². The van der Waals surface area contributed by atoms with E-state index in [0.717, 1.165) is 45.4 Å². The molecule has 3 atom stereocenters. The zero-order chi connectivity index (χ0) is 13.7. The van der Waals surface area contributed by atoms with Crippen molar-refractivity contribution < 1.29 is 14.3 Å². The molecule has 0 aromatic rings. The van der Waals surface area contributed by atoms with Gasteiger partial charge in [-0.2, -0.15) is 0 Å². The second-order valence-corrected chi connectivity index (χ2v) is 5.52. The van der Waals surface area contributed by atoms with E-state index in [-0.39, 0.29) is 18.1 Å². The summed E-state index contributed by atoms with van der Waals surface area (Å²) < 4.78 is 11.2. The standard InChI is InChI=1S/C14H26N2O3/c1-11(19-10-13-6-4-8-18-13)14(17)16-7-3-5-12(9-16)15-2/h11-13,15H,3-10H2,1-2H3. The molecule has 2 heterocycles. The zero-order valence-electron chi connectivity index (χ0n) is 12.1. The van der Waals surface area contributed by atoms with Crippen LogP contribution in [0, 0.1) is 0 Å². The van der Waals surface area contributed by atoms with Crippen molar-refractivity contribution >= 4 is 5.91 Å². The topological polar surface area (TPSA) is 50.8 Å². The maximum atomic E-state index is 12.3. The first kappa shape index (κ1) is 14.8. The molecule has 2 aliphatic rings. The predicted molar refractivity (Wildman–Crippen MR) is 73.0 cm³/mol. The quantitative estimate of drug-likeness (QED) is 0.802. The smallest absolute Gasteiger partial charge is 0.251 e. The monoisotopic (exact) mass is 270 g/mol. The summed E-state index contributed by atoms with van der Waals surface area (Å²) in [5.41, 5.74) is 0. The normalized spacial score (nSPS) is 29.5. The average Bonchev–Trinajstić information content (AvgIpc) is 2.97. The molecule has 2 aliphatic heterocycles. The molecule has 1 amide bonds. The Morgan fingerprint density at radius 1 is 1.47 bits per heavy atom. The van der Waals surface area contributed by atoms with Crippen LogP contribution >= 0.6 is 0 Å². The van der Waals surface area contributed by atoms with Gasteiger partial charge in [0.1, 0.15) is 6.10 Å². The van der Waals surface area contributed by atoms with E-state index in [9.17, 15) is 4.79 Å². The van der Waals surface area contributed by atoms with Crippen LogP contribution in [-0.4, -0.2) is 62.4 Å². The van der Waals surface area contributed by atoms with E-state index in [4.69, 9.17) is 9.47 Å². The van der Waals surface area contributed by atoms with Crippen LogP contribution in [0.4, 0.5) is 0 Å². The number of rotatable bonds is 5. The van der Waals surface area contributed by atoms with Crippen molar-refractivity contribution in [1.82, 2.24) is 10.2 Å². The number of carbonyl (C=O) groups is 1. The van der Waals surface area contributed by atoms with Crippen LogP contribution in [0.2, 0.25) is 0 Å². The molecule has 0 aromatic heterocycles. The van der Waals surface area contributed by atoms with Gasteiger partial charge in [0, 0.05) is 25.7 Å². The molecule has 2 fully saturated rings. The number of likely N-dealkylation sites (tertiary alicyclic amines) is 1. The van der Waals surface area contributed by atoms with Crippen LogP contribution < -0.4 is 5.32 Å². The molecular weight excluding hydrogens is 244 g/mol. The van der Waals surface area contributed by atoms with Crippen molar-refractivity contribution in [2.45, 2.75) is 50.9 Å². The Hall–Kier alpha value is -0.650. The molecule has 0 aromatic carbocycles. The van der Waals surface area contributed by atoms with Crippen LogP contribution in [0.15, 0.2) is 0 Å². The fraction of sp³-hybridized carbons (Fsp3) is 0.929. The highest BCUT2D eigenvalue weighted by atomic mass is 16.5. The van der Waals surface area contributed by atoms with Gasteiger partial charge in [-0.1, -0.05) is 0 Å². The summed E-state index contributed by atoms with van der Waals surface area (Å²) in [7, 11) is 1.95. The van der Waals surface area contributed by atoms with E-state index >= 15 is 0 Å². The summed E-state index contributed by atoms with van der Waals surface area (Å²) in [5.74, 6) is 0.109. The minimum Gasteiger partial charge on any atom is -0.376 e. The number of hydrogen-bond donors (Lipinski definition) is 1. The third kappa shape index (κ3) is 4.16. The van der Waals surface area contributed by atoms with Gasteiger partial charge in [0.2, 0.25) is 0 Å². The molecule has 0 bridgehead atoms. The number of ether oxygens (including phenoxy) is 2. The van der Waals surface area contributed by atoms with Gasteiger partial charge in [0.15, 0.2) is 0 Å².